The molecule has 0 amide bonds. The van der Waals surface area contributed by atoms with Crippen molar-refractivity contribution in [3.05, 3.63) is 64.2 Å². The van der Waals surface area contributed by atoms with E-state index in [1.165, 1.54) is 0 Å². The molecule has 94 valence electrons. The third-order valence-corrected chi connectivity index (χ3v) is 3.35. The van der Waals surface area contributed by atoms with E-state index in [2.05, 4.69) is 6.07 Å². The van der Waals surface area contributed by atoms with Crippen LogP contribution in [0.2, 0.25) is 0 Å². The van der Waals surface area contributed by atoms with Gasteiger partial charge in [-0.15, -0.1) is 0 Å². The fourth-order valence-corrected chi connectivity index (χ4v) is 2.06. The molecule has 0 heterocycles. The van der Waals surface area contributed by atoms with Crippen LogP contribution in [0, 0.1) is 20.8 Å². The second-order valence-electron chi connectivity index (χ2n) is 4.88. The van der Waals surface area contributed by atoms with Gasteiger partial charge in [0, 0.05) is 5.69 Å². The monoisotopic (exact) mass is 241 g/mol. The van der Waals surface area contributed by atoms with Gasteiger partial charge in [-0.25, -0.2) is 0 Å². The van der Waals surface area contributed by atoms with E-state index in [1.54, 1.807) is 0 Å². The highest BCUT2D eigenvalue weighted by atomic mass is 16.3. The molecule has 0 fully saturated rings. The molecule has 1 unspecified atom stereocenters. The van der Waals surface area contributed by atoms with Crippen LogP contribution in [0.15, 0.2) is 36.4 Å². The number of nitrogen functional groups attached to an aromatic ring is 1. The largest absolute Gasteiger partial charge is 0.399 e. The zero-order chi connectivity index (χ0) is 13.3. The lowest BCUT2D eigenvalue weighted by molar-refractivity contribution is 0.219. The van der Waals surface area contributed by atoms with E-state index in [0.29, 0.717) is 0 Å². The molecular formula is C16H19NO. The van der Waals surface area contributed by atoms with Gasteiger partial charge in [-0.1, -0.05) is 35.9 Å². The molecule has 0 spiro atoms. The molecule has 0 aliphatic rings. The van der Waals surface area contributed by atoms with Crippen LogP contribution in [0.4, 0.5) is 5.69 Å². The molecule has 0 aliphatic carbocycles. The van der Waals surface area contributed by atoms with Gasteiger partial charge in [0.15, 0.2) is 0 Å². The van der Waals surface area contributed by atoms with Gasteiger partial charge in [0.05, 0.1) is 0 Å². The summed E-state index contributed by atoms with van der Waals surface area (Å²) in [6, 6.07) is 11.8. The molecule has 3 N–H and O–H groups in total. The Morgan fingerprint density at radius 3 is 2.28 bits per heavy atom. The summed E-state index contributed by atoms with van der Waals surface area (Å²) in [5.41, 5.74) is 11.7. The topological polar surface area (TPSA) is 46.2 Å². The van der Waals surface area contributed by atoms with Gasteiger partial charge < -0.3 is 10.8 Å². The molecule has 2 aromatic rings. The van der Waals surface area contributed by atoms with Crippen molar-refractivity contribution in [1.29, 1.82) is 0 Å². The highest BCUT2D eigenvalue weighted by Crippen LogP contribution is 2.27. The van der Waals surface area contributed by atoms with Crippen molar-refractivity contribution in [2.45, 2.75) is 26.9 Å². The van der Waals surface area contributed by atoms with Crippen molar-refractivity contribution >= 4 is 5.69 Å². The molecule has 0 radical (unpaired) electrons. The van der Waals surface area contributed by atoms with Gasteiger partial charge in [0.1, 0.15) is 6.10 Å². The van der Waals surface area contributed by atoms with E-state index in [9.17, 15) is 5.11 Å². The minimum Gasteiger partial charge on any atom is -0.399 e. The number of aryl methyl sites for hydroxylation is 3. The SMILES string of the molecule is Cc1ccc(C)c(C(O)c2ccc(C)c(N)c2)c1. The van der Waals surface area contributed by atoms with Gasteiger partial charge in [-0.3, -0.25) is 0 Å². The first kappa shape index (κ1) is 12.7. The van der Waals surface area contributed by atoms with Crippen LogP contribution in [0.25, 0.3) is 0 Å². The van der Waals surface area contributed by atoms with E-state index in [0.717, 1.165) is 33.5 Å². The summed E-state index contributed by atoms with van der Waals surface area (Å²) < 4.78 is 0. The van der Waals surface area contributed by atoms with E-state index in [-0.39, 0.29) is 0 Å². The first-order valence-electron chi connectivity index (χ1n) is 6.10. The molecule has 2 aromatic carbocycles. The Morgan fingerprint density at radius 2 is 1.61 bits per heavy atom. The van der Waals surface area contributed by atoms with Crippen LogP contribution in [-0.4, -0.2) is 5.11 Å². The highest BCUT2D eigenvalue weighted by Gasteiger charge is 2.13. The normalized spacial score (nSPS) is 12.4. The lowest BCUT2D eigenvalue weighted by Crippen LogP contribution is -2.04. The zero-order valence-corrected chi connectivity index (χ0v) is 11.1. The van der Waals surface area contributed by atoms with Gasteiger partial charge in [-0.2, -0.15) is 0 Å². The van der Waals surface area contributed by atoms with Gasteiger partial charge >= 0.3 is 0 Å². The number of rotatable bonds is 2. The molecule has 18 heavy (non-hydrogen) atoms. The summed E-state index contributed by atoms with van der Waals surface area (Å²) in [5, 5.41) is 10.5. The number of hydrogen-bond acceptors (Lipinski definition) is 2. The summed E-state index contributed by atoms with van der Waals surface area (Å²) in [6.07, 6.45) is -0.618. The molecule has 0 saturated carbocycles. The lowest BCUT2D eigenvalue weighted by Gasteiger charge is -2.16. The van der Waals surface area contributed by atoms with Crippen LogP contribution >= 0.6 is 0 Å². The number of benzene rings is 2. The van der Waals surface area contributed by atoms with Gasteiger partial charge in [0.2, 0.25) is 0 Å². The van der Waals surface area contributed by atoms with Crippen LogP contribution in [0.5, 0.6) is 0 Å². The molecule has 0 bridgehead atoms. The van der Waals surface area contributed by atoms with Gasteiger partial charge in [0.25, 0.3) is 0 Å². The summed E-state index contributed by atoms with van der Waals surface area (Å²) in [5.74, 6) is 0. The Balaban J connectivity index is 2.44. The maximum Gasteiger partial charge on any atom is 0.104 e. The minimum absolute atomic E-state index is 0.618. The molecular weight excluding hydrogens is 222 g/mol. The molecule has 2 heteroatoms. The van der Waals surface area contributed by atoms with Crippen LogP contribution in [-0.2, 0) is 0 Å². The summed E-state index contributed by atoms with van der Waals surface area (Å²) in [6.45, 7) is 6.00. The molecule has 0 aromatic heterocycles. The zero-order valence-electron chi connectivity index (χ0n) is 11.1. The molecule has 0 aliphatic heterocycles. The average Bonchev–Trinajstić information content (AvgIpc) is 2.35. The number of aliphatic hydroxyl groups is 1. The van der Waals surface area contributed by atoms with E-state index < -0.39 is 6.10 Å². The van der Waals surface area contributed by atoms with Crippen molar-refractivity contribution in [3.8, 4) is 0 Å². The third kappa shape index (κ3) is 2.39. The molecule has 1 atom stereocenters. The van der Waals surface area contributed by atoms with Crippen molar-refractivity contribution in [1.82, 2.24) is 0 Å². The Hall–Kier alpha value is -1.80. The summed E-state index contributed by atoms with van der Waals surface area (Å²) in [4.78, 5) is 0. The fourth-order valence-electron chi connectivity index (χ4n) is 2.06. The molecule has 2 nitrogen and oxygen atoms in total. The Bertz CT molecular complexity index is 575. The molecule has 0 saturated heterocycles. The van der Waals surface area contributed by atoms with Crippen LogP contribution < -0.4 is 5.73 Å². The second-order valence-corrected chi connectivity index (χ2v) is 4.88. The smallest absolute Gasteiger partial charge is 0.104 e. The van der Waals surface area contributed by atoms with E-state index in [4.69, 9.17) is 5.73 Å². The maximum atomic E-state index is 10.5. The van der Waals surface area contributed by atoms with Crippen LogP contribution in [0.1, 0.15) is 33.9 Å². The van der Waals surface area contributed by atoms with Crippen molar-refractivity contribution in [2.75, 3.05) is 5.73 Å². The Morgan fingerprint density at radius 1 is 0.944 bits per heavy atom. The predicted octanol–water partition coefficient (Wildman–Crippen LogP) is 3.28. The van der Waals surface area contributed by atoms with E-state index in [1.807, 2.05) is 51.1 Å². The standard InChI is InChI=1S/C16H19NO/c1-10-4-5-11(2)14(8-10)16(18)13-7-6-12(3)15(17)9-13/h4-9,16,18H,17H2,1-3H3. The maximum absolute atomic E-state index is 10.5. The average molecular weight is 241 g/mol. The third-order valence-electron chi connectivity index (χ3n) is 3.35. The molecule has 2 rings (SSSR count). The first-order chi connectivity index (χ1) is 8.49. The second kappa shape index (κ2) is 4.83. The predicted molar refractivity (Wildman–Crippen MR) is 75.6 cm³/mol. The Kier molecular flexibility index (Phi) is 3.39. The number of aliphatic hydroxyl groups excluding tert-OH is 1. The summed E-state index contributed by atoms with van der Waals surface area (Å²) in [7, 11) is 0. The van der Waals surface area contributed by atoms with E-state index >= 15 is 0 Å². The lowest BCUT2D eigenvalue weighted by atomic mass is 9.95. The quantitative estimate of drug-likeness (QED) is 0.793. The van der Waals surface area contributed by atoms with Crippen molar-refractivity contribution in [3.63, 3.8) is 0 Å². The number of hydrogen-bond donors (Lipinski definition) is 2. The van der Waals surface area contributed by atoms with Crippen molar-refractivity contribution < 1.29 is 5.11 Å². The first-order valence-corrected chi connectivity index (χ1v) is 6.10. The minimum atomic E-state index is -0.618. The van der Waals surface area contributed by atoms with Crippen LogP contribution in [0.3, 0.4) is 0 Å². The summed E-state index contributed by atoms with van der Waals surface area (Å²) >= 11 is 0. The fraction of sp³-hybridized carbons (Fsp3) is 0.250. The Labute approximate surface area is 108 Å². The number of anilines is 1. The van der Waals surface area contributed by atoms with Gasteiger partial charge in [-0.05, 0) is 49.1 Å². The van der Waals surface area contributed by atoms with Crippen molar-refractivity contribution in [2.24, 2.45) is 0 Å². The highest BCUT2D eigenvalue weighted by molar-refractivity contribution is 5.50. The number of nitrogens with two attached hydrogens (primary N) is 1.